The van der Waals surface area contributed by atoms with Crippen molar-refractivity contribution < 1.29 is 8.78 Å². The molecule has 1 aromatic carbocycles. The second-order valence-corrected chi connectivity index (χ2v) is 4.46. The van der Waals surface area contributed by atoms with E-state index in [1.807, 2.05) is 18.2 Å². The lowest BCUT2D eigenvalue weighted by molar-refractivity contribution is -0.0549. The lowest BCUT2D eigenvalue weighted by Crippen LogP contribution is -2.30. The molecular formula is C13H17F2N. The highest BCUT2D eigenvalue weighted by atomic mass is 19.3. The average molecular weight is 225 g/mol. The summed E-state index contributed by atoms with van der Waals surface area (Å²) in [7, 11) is 0. The van der Waals surface area contributed by atoms with Crippen LogP contribution in [0.25, 0.3) is 0 Å². The highest BCUT2D eigenvalue weighted by molar-refractivity contribution is 5.32. The SMILES string of the molecule is NCc1ccccc1C1CCCCC1(F)F. The second-order valence-electron chi connectivity index (χ2n) is 4.46. The third-order valence-electron chi connectivity index (χ3n) is 3.41. The molecule has 0 saturated heterocycles. The third-order valence-corrected chi connectivity index (χ3v) is 3.41. The molecule has 1 unspecified atom stereocenters. The summed E-state index contributed by atoms with van der Waals surface area (Å²) in [4.78, 5) is 0. The van der Waals surface area contributed by atoms with Crippen LogP contribution in [-0.2, 0) is 6.54 Å². The van der Waals surface area contributed by atoms with E-state index < -0.39 is 11.8 Å². The molecule has 3 heteroatoms. The van der Waals surface area contributed by atoms with Crippen LogP contribution in [0.3, 0.4) is 0 Å². The molecule has 88 valence electrons. The molecule has 0 aliphatic heterocycles. The Kier molecular flexibility index (Phi) is 3.24. The molecule has 1 aliphatic rings. The van der Waals surface area contributed by atoms with Crippen LogP contribution in [-0.4, -0.2) is 5.92 Å². The van der Waals surface area contributed by atoms with Crippen LogP contribution >= 0.6 is 0 Å². The molecule has 16 heavy (non-hydrogen) atoms. The van der Waals surface area contributed by atoms with Crippen LogP contribution in [0.5, 0.6) is 0 Å². The molecule has 0 bridgehead atoms. The summed E-state index contributed by atoms with van der Waals surface area (Å²) >= 11 is 0. The van der Waals surface area contributed by atoms with Gasteiger partial charge in [0.05, 0.1) is 0 Å². The maximum absolute atomic E-state index is 13.8. The Balaban J connectivity index is 2.34. The minimum Gasteiger partial charge on any atom is -0.326 e. The van der Waals surface area contributed by atoms with E-state index in [-0.39, 0.29) is 6.42 Å². The van der Waals surface area contributed by atoms with Crippen molar-refractivity contribution in [3.8, 4) is 0 Å². The van der Waals surface area contributed by atoms with Crippen molar-refractivity contribution in [2.45, 2.75) is 44.1 Å². The van der Waals surface area contributed by atoms with Gasteiger partial charge in [-0.2, -0.15) is 0 Å². The van der Waals surface area contributed by atoms with Crippen molar-refractivity contribution in [2.24, 2.45) is 5.73 Å². The number of nitrogens with two attached hydrogens (primary N) is 1. The summed E-state index contributed by atoms with van der Waals surface area (Å²) in [5, 5.41) is 0. The summed E-state index contributed by atoms with van der Waals surface area (Å²) in [6.07, 6.45) is 2.11. The highest BCUT2D eigenvalue weighted by Crippen LogP contribution is 2.45. The molecule has 0 heterocycles. The molecular weight excluding hydrogens is 208 g/mol. The van der Waals surface area contributed by atoms with E-state index in [9.17, 15) is 8.78 Å². The fourth-order valence-corrected chi connectivity index (χ4v) is 2.54. The molecule has 1 saturated carbocycles. The van der Waals surface area contributed by atoms with Gasteiger partial charge >= 0.3 is 0 Å². The Morgan fingerprint density at radius 3 is 2.69 bits per heavy atom. The fourth-order valence-electron chi connectivity index (χ4n) is 2.54. The lowest BCUT2D eigenvalue weighted by Gasteiger charge is -2.32. The Morgan fingerprint density at radius 2 is 2.00 bits per heavy atom. The van der Waals surface area contributed by atoms with Gasteiger partial charge in [0.2, 0.25) is 0 Å². The van der Waals surface area contributed by atoms with Crippen LogP contribution in [0, 0.1) is 0 Å². The van der Waals surface area contributed by atoms with Crippen molar-refractivity contribution in [3.63, 3.8) is 0 Å². The van der Waals surface area contributed by atoms with Gasteiger partial charge in [-0.25, -0.2) is 8.78 Å². The van der Waals surface area contributed by atoms with E-state index in [2.05, 4.69) is 0 Å². The molecule has 1 aromatic rings. The zero-order valence-corrected chi connectivity index (χ0v) is 9.26. The van der Waals surface area contributed by atoms with E-state index >= 15 is 0 Å². The van der Waals surface area contributed by atoms with Gasteiger partial charge in [0.25, 0.3) is 5.92 Å². The van der Waals surface area contributed by atoms with Crippen LogP contribution in [0.15, 0.2) is 24.3 Å². The molecule has 2 N–H and O–H groups in total. The van der Waals surface area contributed by atoms with Gasteiger partial charge in [-0.05, 0) is 24.0 Å². The summed E-state index contributed by atoms with van der Waals surface area (Å²) in [5.74, 6) is -3.20. The molecule has 0 amide bonds. The van der Waals surface area contributed by atoms with Crippen molar-refractivity contribution >= 4 is 0 Å². The quantitative estimate of drug-likeness (QED) is 0.819. The molecule has 1 nitrogen and oxygen atoms in total. The van der Waals surface area contributed by atoms with Crippen LogP contribution in [0.2, 0.25) is 0 Å². The molecule has 0 aromatic heterocycles. The molecule has 1 fully saturated rings. The first kappa shape index (κ1) is 11.5. The predicted octanol–water partition coefficient (Wildman–Crippen LogP) is 3.44. The maximum Gasteiger partial charge on any atom is 0.254 e. The van der Waals surface area contributed by atoms with Gasteiger partial charge in [0, 0.05) is 18.9 Å². The second kappa shape index (κ2) is 4.50. The zero-order valence-electron chi connectivity index (χ0n) is 9.26. The normalized spacial score (nSPS) is 24.3. The smallest absolute Gasteiger partial charge is 0.254 e. The number of benzene rings is 1. The topological polar surface area (TPSA) is 26.0 Å². The van der Waals surface area contributed by atoms with E-state index in [0.717, 1.165) is 17.5 Å². The minimum absolute atomic E-state index is 0.0105. The minimum atomic E-state index is -2.57. The first-order valence-corrected chi connectivity index (χ1v) is 5.81. The fraction of sp³-hybridized carbons (Fsp3) is 0.538. The largest absolute Gasteiger partial charge is 0.326 e. The maximum atomic E-state index is 13.8. The zero-order chi connectivity index (χ0) is 11.6. The monoisotopic (exact) mass is 225 g/mol. The summed E-state index contributed by atoms with van der Waals surface area (Å²) in [6.45, 7) is 0.336. The van der Waals surface area contributed by atoms with Gasteiger partial charge in [-0.1, -0.05) is 30.7 Å². The van der Waals surface area contributed by atoms with E-state index in [1.54, 1.807) is 6.07 Å². The van der Waals surface area contributed by atoms with Gasteiger partial charge in [0.1, 0.15) is 0 Å². The van der Waals surface area contributed by atoms with Crippen LogP contribution < -0.4 is 5.73 Å². The standard InChI is InChI=1S/C13H17F2N/c14-13(15)8-4-3-7-12(13)11-6-2-1-5-10(11)9-16/h1-2,5-6,12H,3-4,7-9,16H2. The number of halogens is 2. The van der Waals surface area contributed by atoms with E-state index in [4.69, 9.17) is 5.73 Å². The van der Waals surface area contributed by atoms with Crippen LogP contribution in [0.1, 0.15) is 42.7 Å². The van der Waals surface area contributed by atoms with Crippen molar-refractivity contribution in [2.75, 3.05) is 0 Å². The molecule has 2 rings (SSSR count). The predicted molar refractivity (Wildman–Crippen MR) is 60.5 cm³/mol. The molecule has 1 aliphatic carbocycles. The van der Waals surface area contributed by atoms with Gasteiger partial charge in [-0.15, -0.1) is 0 Å². The Morgan fingerprint density at radius 1 is 1.25 bits per heavy atom. The van der Waals surface area contributed by atoms with Crippen molar-refractivity contribution in [3.05, 3.63) is 35.4 Å². The van der Waals surface area contributed by atoms with E-state index in [1.165, 1.54) is 0 Å². The Bertz CT molecular complexity index is 363. The summed E-state index contributed by atoms with van der Waals surface area (Å²) < 4.78 is 27.7. The number of hydrogen-bond donors (Lipinski definition) is 1. The number of hydrogen-bond acceptors (Lipinski definition) is 1. The van der Waals surface area contributed by atoms with Crippen LogP contribution in [0.4, 0.5) is 8.78 Å². The van der Waals surface area contributed by atoms with Crippen molar-refractivity contribution in [1.82, 2.24) is 0 Å². The molecule has 0 spiro atoms. The molecule has 0 radical (unpaired) electrons. The summed E-state index contributed by atoms with van der Waals surface area (Å²) in [6, 6.07) is 7.32. The Labute approximate surface area is 94.7 Å². The number of alkyl halides is 2. The first-order valence-electron chi connectivity index (χ1n) is 5.81. The van der Waals surface area contributed by atoms with Gasteiger partial charge in [-0.3, -0.25) is 0 Å². The Hall–Kier alpha value is -0.960. The summed E-state index contributed by atoms with van der Waals surface area (Å²) in [5.41, 5.74) is 7.20. The van der Waals surface area contributed by atoms with E-state index in [0.29, 0.717) is 19.4 Å². The first-order chi connectivity index (χ1) is 7.65. The number of rotatable bonds is 2. The van der Waals surface area contributed by atoms with Gasteiger partial charge in [0.15, 0.2) is 0 Å². The lowest BCUT2D eigenvalue weighted by atomic mass is 9.79. The third kappa shape index (κ3) is 2.09. The highest BCUT2D eigenvalue weighted by Gasteiger charge is 2.42. The van der Waals surface area contributed by atoms with Gasteiger partial charge < -0.3 is 5.73 Å². The average Bonchev–Trinajstić information content (AvgIpc) is 2.28. The van der Waals surface area contributed by atoms with Crippen molar-refractivity contribution in [1.29, 1.82) is 0 Å². The molecule has 1 atom stereocenters.